The van der Waals surface area contributed by atoms with Gasteiger partial charge in [0.05, 0.1) is 10.5 Å². The van der Waals surface area contributed by atoms with Gasteiger partial charge in [0.15, 0.2) is 5.75 Å². The molecule has 108 valence electrons. The van der Waals surface area contributed by atoms with Crippen molar-refractivity contribution in [3.8, 4) is 11.6 Å². The lowest BCUT2D eigenvalue weighted by molar-refractivity contribution is -0.385. The van der Waals surface area contributed by atoms with Crippen molar-refractivity contribution in [2.45, 2.75) is 6.92 Å². The third-order valence-corrected chi connectivity index (χ3v) is 3.33. The molecular weight excluding hydrogens is 344 g/mol. The third kappa shape index (κ3) is 3.34. The monoisotopic (exact) mass is 352 g/mol. The van der Waals surface area contributed by atoms with Gasteiger partial charge in [-0.3, -0.25) is 10.1 Å². The number of ether oxygens (including phenoxy) is 1. The molecule has 2 rings (SSSR count). The largest absolute Gasteiger partial charge is 0.478 e. The Balaban J connectivity index is 2.41. The van der Waals surface area contributed by atoms with Crippen molar-refractivity contribution in [2.24, 2.45) is 0 Å². The summed E-state index contributed by atoms with van der Waals surface area (Å²) < 4.78 is 5.61. The van der Waals surface area contributed by atoms with Gasteiger partial charge in [-0.25, -0.2) is 9.78 Å². The number of aromatic carboxylic acids is 1. The predicted molar refractivity (Wildman–Crippen MR) is 76.8 cm³/mol. The van der Waals surface area contributed by atoms with Crippen LogP contribution in [0.25, 0.3) is 0 Å². The average molecular weight is 353 g/mol. The highest BCUT2D eigenvalue weighted by atomic mass is 79.9. The zero-order valence-corrected chi connectivity index (χ0v) is 12.3. The van der Waals surface area contributed by atoms with Gasteiger partial charge in [0.1, 0.15) is 4.47 Å². The minimum Gasteiger partial charge on any atom is -0.478 e. The van der Waals surface area contributed by atoms with Crippen molar-refractivity contribution in [1.82, 2.24) is 4.98 Å². The first-order valence-electron chi connectivity index (χ1n) is 5.71. The van der Waals surface area contributed by atoms with E-state index in [0.29, 0.717) is 5.69 Å². The number of nitrogens with zero attached hydrogens (tertiary/aromatic N) is 2. The summed E-state index contributed by atoms with van der Waals surface area (Å²) in [6.45, 7) is 1.63. The molecule has 7 nitrogen and oxygen atoms in total. The number of rotatable bonds is 4. The smallest absolute Gasteiger partial charge is 0.335 e. The predicted octanol–water partition coefficient (Wildman–Crippen LogP) is 3.55. The number of carboxylic acids is 1. The lowest BCUT2D eigenvalue weighted by atomic mass is 10.2. The first-order valence-corrected chi connectivity index (χ1v) is 6.50. The number of pyridine rings is 1. The molecule has 21 heavy (non-hydrogen) atoms. The number of nitro benzene ring substituents is 1. The molecule has 0 radical (unpaired) electrons. The number of hydrogen-bond acceptors (Lipinski definition) is 5. The average Bonchev–Trinajstić information content (AvgIpc) is 2.40. The van der Waals surface area contributed by atoms with E-state index < -0.39 is 10.9 Å². The standard InChI is InChI=1S/C13H9BrN2O5/c1-7-5-8(13(17)18)6-11(15-7)21-10-4-2-3-9(12(10)14)16(19)20/h2-6H,1H3,(H,17,18). The maximum Gasteiger partial charge on any atom is 0.335 e. The summed E-state index contributed by atoms with van der Waals surface area (Å²) in [6, 6.07) is 6.95. The molecule has 0 saturated carbocycles. The molecule has 0 atom stereocenters. The molecule has 0 spiro atoms. The Labute approximate surface area is 127 Å². The second-order valence-corrected chi connectivity index (χ2v) is 4.88. The van der Waals surface area contributed by atoms with E-state index in [4.69, 9.17) is 9.84 Å². The molecule has 0 aliphatic rings. The van der Waals surface area contributed by atoms with Crippen molar-refractivity contribution in [1.29, 1.82) is 0 Å². The fourth-order valence-corrected chi connectivity index (χ4v) is 2.14. The fraction of sp³-hybridized carbons (Fsp3) is 0.0769. The van der Waals surface area contributed by atoms with Crippen molar-refractivity contribution < 1.29 is 19.6 Å². The number of carboxylic acid groups (broad SMARTS) is 1. The fourth-order valence-electron chi connectivity index (χ4n) is 1.65. The highest BCUT2D eigenvalue weighted by Gasteiger charge is 2.17. The summed E-state index contributed by atoms with van der Waals surface area (Å²) in [5, 5.41) is 19.8. The molecule has 0 unspecified atom stereocenters. The first-order chi connectivity index (χ1) is 9.88. The number of hydrogen-bond donors (Lipinski definition) is 1. The quantitative estimate of drug-likeness (QED) is 0.666. The van der Waals surface area contributed by atoms with Crippen molar-refractivity contribution >= 4 is 27.6 Å². The van der Waals surface area contributed by atoms with E-state index in [1.807, 2.05) is 0 Å². The normalized spacial score (nSPS) is 10.2. The van der Waals surface area contributed by atoms with Crippen LogP contribution in [-0.2, 0) is 0 Å². The van der Waals surface area contributed by atoms with Crippen LogP contribution in [0, 0.1) is 17.0 Å². The van der Waals surface area contributed by atoms with Crippen LogP contribution in [0.5, 0.6) is 11.6 Å². The lowest BCUT2D eigenvalue weighted by Crippen LogP contribution is -2.00. The van der Waals surface area contributed by atoms with E-state index in [0.717, 1.165) is 0 Å². The Morgan fingerprint density at radius 2 is 2.14 bits per heavy atom. The SMILES string of the molecule is Cc1cc(C(=O)O)cc(Oc2cccc([N+](=O)[O-])c2Br)n1. The molecule has 0 bridgehead atoms. The van der Waals surface area contributed by atoms with Gasteiger partial charge in [0, 0.05) is 17.8 Å². The maximum atomic E-state index is 11.0. The zero-order chi connectivity index (χ0) is 15.6. The van der Waals surface area contributed by atoms with Crippen molar-refractivity contribution in [3.63, 3.8) is 0 Å². The number of benzene rings is 1. The molecular formula is C13H9BrN2O5. The van der Waals surface area contributed by atoms with Gasteiger partial charge in [-0.2, -0.15) is 0 Å². The van der Waals surface area contributed by atoms with Gasteiger partial charge in [-0.1, -0.05) is 6.07 Å². The van der Waals surface area contributed by atoms with E-state index in [1.165, 1.54) is 30.3 Å². The molecule has 0 aliphatic heterocycles. The molecule has 8 heteroatoms. The van der Waals surface area contributed by atoms with Crippen molar-refractivity contribution in [3.05, 3.63) is 56.2 Å². The molecule has 0 saturated heterocycles. The molecule has 2 aromatic rings. The Morgan fingerprint density at radius 3 is 2.76 bits per heavy atom. The summed E-state index contributed by atoms with van der Waals surface area (Å²) >= 11 is 3.09. The Bertz CT molecular complexity index is 732. The van der Waals surface area contributed by atoms with E-state index in [9.17, 15) is 14.9 Å². The van der Waals surface area contributed by atoms with Gasteiger partial charge in [-0.05, 0) is 35.0 Å². The maximum absolute atomic E-state index is 11.0. The van der Waals surface area contributed by atoms with Gasteiger partial charge in [0.2, 0.25) is 5.88 Å². The van der Waals surface area contributed by atoms with Crippen LogP contribution in [0.15, 0.2) is 34.8 Å². The zero-order valence-electron chi connectivity index (χ0n) is 10.7. The molecule has 1 N–H and O–H groups in total. The molecule has 1 aromatic carbocycles. The minimum absolute atomic E-state index is 0.0269. The molecule has 0 amide bonds. The highest BCUT2D eigenvalue weighted by molar-refractivity contribution is 9.10. The van der Waals surface area contributed by atoms with Crippen LogP contribution in [0.2, 0.25) is 0 Å². The number of aromatic nitrogens is 1. The summed E-state index contributed by atoms with van der Waals surface area (Å²) in [7, 11) is 0. The van der Waals surface area contributed by atoms with Crippen molar-refractivity contribution in [2.75, 3.05) is 0 Å². The Morgan fingerprint density at radius 1 is 1.43 bits per heavy atom. The van der Waals surface area contributed by atoms with Crippen LogP contribution < -0.4 is 4.74 Å². The summed E-state index contributed by atoms with van der Waals surface area (Å²) in [6.07, 6.45) is 0. The topological polar surface area (TPSA) is 103 Å². The van der Waals surface area contributed by atoms with Gasteiger partial charge < -0.3 is 9.84 Å². The van der Waals surface area contributed by atoms with Crippen LogP contribution in [0.3, 0.4) is 0 Å². The number of carbonyl (C=O) groups is 1. The van der Waals surface area contributed by atoms with E-state index in [-0.39, 0.29) is 27.4 Å². The molecule has 1 heterocycles. The van der Waals surface area contributed by atoms with Gasteiger partial charge >= 0.3 is 5.97 Å². The van der Waals surface area contributed by atoms with E-state index in [2.05, 4.69) is 20.9 Å². The summed E-state index contributed by atoms with van der Waals surface area (Å²) in [5.41, 5.74) is 0.337. The summed E-state index contributed by atoms with van der Waals surface area (Å²) in [5.74, 6) is -0.879. The van der Waals surface area contributed by atoms with Gasteiger partial charge in [-0.15, -0.1) is 0 Å². The number of halogens is 1. The minimum atomic E-state index is -1.11. The van der Waals surface area contributed by atoms with Crippen LogP contribution >= 0.6 is 15.9 Å². The highest BCUT2D eigenvalue weighted by Crippen LogP contribution is 2.36. The lowest BCUT2D eigenvalue weighted by Gasteiger charge is -2.08. The molecule has 0 aliphatic carbocycles. The first kappa shape index (κ1) is 14.9. The van der Waals surface area contributed by atoms with Gasteiger partial charge in [0.25, 0.3) is 5.69 Å². The van der Waals surface area contributed by atoms with Crippen LogP contribution in [0.4, 0.5) is 5.69 Å². The second kappa shape index (κ2) is 5.88. The molecule has 1 aromatic heterocycles. The molecule has 0 fully saturated rings. The van der Waals surface area contributed by atoms with Crippen LogP contribution in [-0.4, -0.2) is 21.0 Å². The van der Waals surface area contributed by atoms with Crippen LogP contribution in [0.1, 0.15) is 16.1 Å². The second-order valence-electron chi connectivity index (χ2n) is 4.09. The third-order valence-electron chi connectivity index (χ3n) is 2.53. The number of aryl methyl sites for hydroxylation is 1. The number of nitro groups is 1. The van der Waals surface area contributed by atoms with E-state index >= 15 is 0 Å². The Hall–Kier alpha value is -2.48. The summed E-state index contributed by atoms with van der Waals surface area (Å²) in [4.78, 5) is 25.3. The van der Waals surface area contributed by atoms with E-state index in [1.54, 1.807) is 6.92 Å². The Kier molecular flexibility index (Phi) is 4.18.